The molecule has 0 aliphatic rings. The lowest BCUT2D eigenvalue weighted by molar-refractivity contribution is 1.27. The minimum atomic E-state index is 0.576. The average molecular weight is 191 g/mol. The summed E-state index contributed by atoms with van der Waals surface area (Å²) >= 11 is 8.67. The van der Waals surface area contributed by atoms with E-state index < -0.39 is 0 Å². The van der Waals surface area contributed by atoms with E-state index in [0.29, 0.717) is 5.02 Å². The standard InChI is InChI=1S/C5H2BrClN/c6-5-3-4(7)1-2-8-5/h2-3H. The Morgan fingerprint density at radius 2 is 2.50 bits per heavy atom. The lowest BCUT2D eigenvalue weighted by Crippen LogP contribution is -1.70. The quantitative estimate of drug-likeness (QED) is 0.574. The van der Waals surface area contributed by atoms with Gasteiger partial charge in [-0.15, -0.1) is 0 Å². The smallest absolute Gasteiger partial charge is 0.107 e. The second kappa shape index (κ2) is 2.46. The fourth-order valence-corrected chi connectivity index (χ4v) is 0.954. The molecule has 0 saturated carbocycles. The topological polar surface area (TPSA) is 12.9 Å². The van der Waals surface area contributed by atoms with Crippen molar-refractivity contribution >= 4 is 27.5 Å². The minimum absolute atomic E-state index is 0.576. The summed E-state index contributed by atoms with van der Waals surface area (Å²) in [5, 5.41) is 0.576. The van der Waals surface area contributed by atoms with Gasteiger partial charge in [-0.3, -0.25) is 0 Å². The molecule has 0 bridgehead atoms. The van der Waals surface area contributed by atoms with Crippen molar-refractivity contribution in [2.45, 2.75) is 0 Å². The molecular weight excluding hydrogens is 189 g/mol. The maximum Gasteiger partial charge on any atom is 0.107 e. The lowest BCUT2D eigenvalue weighted by Gasteiger charge is -1.85. The van der Waals surface area contributed by atoms with Gasteiger partial charge in [-0.2, -0.15) is 0 Å². The van der Waals surface area contributed by atoms with Gasteiger partial charge in [0.05, 0.1) is 5.02 Å². The fourth-order valence-electron chi connectivity index (χ4n) is 0.339. The van der Waals surface area contributed by atoms with Crippen LogP contribution in [0, 0.1) is 6.07 Å². The molecule has 0 aliphatic carbocycles. The van der Waals surface area contributed by atoms with E-state index in [1.54, 1.807) is 6.07 Å². The highest BCUT2D eigenvalue weighted by Crippen LogP contribution is 2.10. The summed E-state index contributed by atoms with van der Waals surface area (Å²) in [5.74, 6) is 0. The highest BCUT2D eigenvalue weighted by Gasteiger charge is 1.86. The molecule has 1 radical (unpaired) electrons. The molecule has 0 aliphatic heterocycles. The molecular formula is C5H2BrClN. The summed E-state index contributed by atoms with van der Waals surface area (Å²) in [6.45, 7) is 0. The molecule has 0 saturated heterocycles. The summed E-state index contributed by atoms with van der Waals surface area (Å²) in [5.41, 5.74) is 0. The van der Waals surface area contributed by atoms with Gasteiger partial charge in [-0.05, 0) is 22.0 Å². The largest absolute Gasteiger partial charge is 0.249 e. The van der Waals surface area contributed by atoms with E-state index >= 15 is 0 Å². The Balaban J connectivity index is 3.08. The Bertz CT molecular complexity index is 172. The first kappa shape index (κ1) is 6.05. The third-order valence-corrected chi connectivity index (χ3v) is 1.29. The first-order valence-corrected chi connectivity index (χ1v) is 3.15. The van der Waals surface area contributed by atoms with Crippen LogP contribution in [0.15, 0.2) is 16.9 Å². The molecule has 0 N–H and O–H groups in total. The van der Waals surface area contributed by atoms with Gasteiger partial charge in [0.1, 0.15) is 4.60 Å². The molecule has 1 nitrogen and oxygen atoms in total. The molecule has 0 spiro atoms. The molecule has 0 amide bonds. The van der Waals surface area contributed by atoms with E-state index in [4.69, 9.17) is 11.6 Å². The maximum absolute atomic E-state index is 5.52. The second-order valence-electron chi connectivity index (χ2n) is 1.22. The average Bonchev–Trinajstić information content (AvgIpc) is 1.64. The number of hydrogen-bond acceptors (Lipinski definition) is 1. The summed E-state index contributed by atoms with van der Waals surface area (Å²) in [7, 11) is 0. The Hall–Kier alpha value is -0.0800. The second-order valence-corrected chi connectivity index (χ2v) is 2.44. The molecule has 3 heteroatoms. The first-order valence-electron chi connectivity index (χ1n) is 1.98. The number of rotatable bonds is 0. The van der Waals surface area contributed by atoms with Crippen molar-refractivity contribution in [3.8, 4) is 0 Å². The molecule has 0 fully saturated rings. The monoisotopic (exact) mass is 190 g/mol. The van der Waals surface area contributed by atoms with Gasteiger partial charge in [0.15, 0.2) is 0 Å². The van der Waals surface area contributed by atoms with Crippen molar-refractivity contribution in [1.29, 1.82) is 0 Å². The predicted molar refractivity (Wildman–Crippen MR) is 35.8 cm³/mol. The van der Waals surface area contributed by atoms with Crippen molar-refractivity contribution < 1.29 is 0 Å². The summed E-state index contributed by atoms with van der Waals surface area (Å²) < 4.78 is 0.737. The molecule has 1 aromatic heterocycles. The van der Waals surface area contributed by atoms with Crippen molar-refractivity contribution in [2.24, 2.45) is 0 Å². The van der Waals surface area contributed by atoms with Gasteiger partial charge < -0.3 is 0 Å². The van der Waals surface area contributed by atoms with Crippen LogP contribution in [0.4, 0.5) is 0 Å². The Morgan fingerprint density at radius 3 is 2.88 bits per heavy atom. The highest BCUT2D eigenvalue weighted by molar-refractivity contribution is 9.10. The zero-order valence-corrected chi connectivity index (χ0v) is 6.20. The van der Waals surface area contributed by atoms with E-state index in [0.717, 1.165) is 4.60 Å². The van der Waals surface area contributed by atoms with E-state index in [2.05, 4.69) is 27.0 Å². The van der Waals surface area contributed by atoms with Crippen LogP contribution in [0.2, 0.25) is 5.02 Å². The fraction of sp³-hybridized carbons (Fsp3) is 0. The van der Waals surface area contributed by atoms with E-state index in [-0.39, 0.29) is 0 Å². The van der Waals surface area contributed by atoms with Crippen molar-refractivity contribution in [1.82, 2.24) is 4.98 Å². The number of aromatic nitrogens is 1. The first-order chi connectivity index (χ1) is 3.79. The number of hydrogen-bond donors (Lipinski definition) is 0. The Kier molecular flexibility index (Phi) is 1.86. The van der Waals surface area contributed by atoms with Crippen LogP contribution in [-0.4, -0.2) is 4.98 Å². The SMILES string of the molecule is Clc1[c]cnc(Br)c1. The van der Waals surface area contributed by atoms with Crippen molar-refractivity contribution in [3.63, 3.8) is 0 Å². The van der Waals surface area contributed by atoms with Gasteiger partial charge in [0.25, 0.3) is 0 Å². The summed E-state index contributed by atoms with van der Waals surface area (Å²) in [6.07, 6.45) is 1.52. The molecule has 1 heterocycles. The van der Waals surface area contributed by atoms with Crippen LogP contribution in [0.5, 0.6) is 0 Å². The zero-order chi connectivity index (χ0) is 5.98. The molecule has 1 aromatic rings. The molecule has 1 rings (SSSR count). The van der Waals surface area contributed by atoms with Crippen LogP contribution >= 0.6 is 27.5 Å². The normalized spacial score (nSPS) is 9.25. The maximum atomic E-state index is 5.52. The van der Waals surface area contributed by atoms with Crippen molar-refractivity contribution in [2.75, 3.05) is 0 Å². The third-order valence-electron chi connectivity index (χ3n) is 0.636. The lowest BCUT2D eigenvalue weighted by atomic mass is 10.5. The van der Waals surface area contributed by atoms with Gasteiger partial charge in [-0.1, -0.05) is 11.6 Å². The molecule has 0 aromatic carbocycles. The minimum Gasteiger partial charge on any atom is -0.249 e. The van der Waals surface area contributed by atoms with Crippen LogP contribution in [0.25, 0.3) is 0 Å². The molecule has 8 heavy (non-hydrogen) atoms. The van der Waals surface area contributed by atoms with Gasteiger partial charge in [0.2, 0.25) is 0 Å². The Labute approximate surface area is 60.8 Å². The van der Waals surface area contributed by atoms with E-state index in [1.807, 2.05) is 0 Å². The third kappa shape index (κ3) is 1.46. The van der Waals surface area contributed by atoms with E-state index in [9.17, 15) is 0 Å². The van der Waals surface area contributed by atoms with Crippen molar-refractivity contribution in [3.05, 3.63) is 28.0 Å². The summed E-state index contributed by atoms with van der Waals surface area (Å²) in [6, 6.07) is 4.38. The molecule has 0 unspecified atom stereocenters. The number of halogens is 2. The Morgan fingerprint density at radius 1 is 1.75 bits per heavy atom. The van der Waals surface area contributed by atoms with Gasteiger partial charge in [-0.25, -0.2) is 4.98 Å². The number of pyridine rings is 1. The highest BCUT2D eigenvalue weighted by atomic mass is 79.9. The van der Waals surface area contributed by atoms with Crippen LogP contribution in [0.3, 0.4) is 0 Å². The molecule has 0 atom stereocenters. The van der Waals surface area contributed by atoms with Crippen LogP contribution < -0.4 is 0 Å². The predicted octanol–water partition coefficient (Wildman–Crippen LogP) is 2.30. The van der Waals surface area contributed by atoms with Crippen LogP contribution in [0.1, 0.15) is 0 Å². The molecule has 41 valence electrons. The zero-order valence-electron chi connectivity index (χ0n) is 3.86. The van der Waals surface area contributed by atoms with Crippen LogP contribution in [-0.2, 0) is 0 Å². The van der Waals surface area contributed by atoms with Gasteiger partial charge in [0, 0.05) is 12.3 Å². The summed E-state index contributed by atoms with van der Waals surface area (Å²) in [4.78, 5) is 3.82. The van der Waals surface area contributed by atoms with Gasteiger partial charge >= 0.3 is 0 Å². The van der Waals surface area contributed by atoms with E-state index in [1.165, 1.54) is 6.20 Å². The number of nitrogens with zero attached hydrogens (tertiary/aromatic N) is 1.